The molecule has 0 radical (unpaired) electrons. The number of carbonyl (C=O) groups is 1. The predicted molar refractivity (Wildman–Crippen MR) is 114 cm³/mol. The molecule has 1 atom stereocenters. The van der Waals surface area contributed by atoms with Crippen molar-refractivity contribution in [1.29, 1.82) is 0 Å². The van der Waals surface area contributed by atoms with Crippen molar-refractivity contribution in [3.63, 3.8) is 0 Å². The Balaban J connectivity index is 1.40. The number of aromatic nitrogens is 4. The highest BCUT2D eigenvalue weighted by Gasteiger charge is 2.32. The number of fused-ring (bicyclic) bond motifs is 1. The van der Waals surface area contributed by atoms with Crippen molar-refractivity contribution in [2.24, 2.45) is 0 Å². The van der Waals surface area contributed by atoms with Gasteiger partial charge in [0.2, 0.25) is 5.88 Å². The van der Waals surface area contributed by atoms with E-state index < -0.39 is 0 Å². The molecule has 1 aliphatic heterocycles. The zero-order valence-corrected chi connectivity index (χ0v) is 17.1. The van der Waals surface area contributed by atoms with Crippen molar-refractivity contribution in [3.05, 3.63) is 71.4 Å². The van der Waals surface area contributed by atoms with E-state index in [1.165, 1.54) is 10.9 Å². The molecule has 0 saturated carbocycles. The summed E-state index contributed by atoms with van der Waals surface area (Å²) in [5, 5.41) is 20.3. The minimum absolute atomic E-state index is 0.0217. The first-order valence-electron chi connectivity index (χ1n) is 9.66. The van der Waals surface area contributed by atoms with Gasteiger partial charge in [-0.05, 0) is 42.1 Å². The number of benzene rings is 1. The normalized spacial score (nSPS) is 15.8. The molecule has 30 heavy (non-hydrogen) atoms. The van der Waals surface area contributed by atoms with Crippen LogP contribution in [-0.2, 0) is 6.54 Å². The van der Waals surface area contributed by atoms with Crippen LogP contribution < -0.4 is 0 Å². The maximum absolute atomic E-state index is 13.2. The fourth-order valence-electron chi connectivity index (χ4n) is 3.79. The molecule has 4 heterocycles. The van der Waals surface area contributed by atoms with E-state index in [2.05, 4.69) is 21.2 Å². The topological polar surface area (TPSA) is 84.1 Å². The second-order valence-corrected chi connectivity index (χ2v) is 8.09. The zero-order valence-electron chi connectivity index (χ0n) is 16.3. The summed E-state index contributed by atoms with van der Waals surface area (Å²) in [5.41, 5.74) is 2.33. The summed E-state index contributed by atoms with van der Waals surface area (Å²) in [4.78, 5) is 20.3. The third kappa shape index (κ3) is 3.15. The SMILES string of the molecule is CC1c2nnc(-c3cccc(O)n3)n2CCN1C(=O)c1ccc(-c2cccs2)cc1. The maximum Gasteiger partial charge on any atom is 0.254 e. The van der Waals surface area contributed by atoms with Gasteiger partial charge in [0, 0.05) is 29.6 Å². The van der Waals surface area contributed by atoms with Crippen molar-refractivity contribution < 1.29 is 9.90 Å². The molecule has 0 fully saturated rings. The van der Waals surface area contributed by atoms with Crippen LogP contribution >= 0.6 is 11.3 Å². The number of rotatable bonds is 3. The lowest BCUT2D eigenvalue weighted by Crippen LogP contribution is -2.41. The molecule has 0 aliphatic carbocycles. The van der Waals surface area contributed by atoms with Gasteiger partial charge in [0.05, 0.1) is 6.04 Å². The molecule has 1 amide bonds. The fraction of sp³-hybridized carbons (Fsp3) is 0.182. The molecule has 0 bridgehead atoms. The summed E-state index contributed by atoms with van der Waals surface area (Å²) in [5.74, 6) is 1.23. The Kier molecular flexibility index (Phi) is 4.55. The Labute approximate surface area is 177 Å². The number of amides is 1. The summed E-state index contributed by atoms with van der Waals surface area (Å²) in [6.45, 7) is 3.07. The number of hydrogen-bond acceptors (Lipinski definition) is 6. The Morgan fingerprint density at radius 1 is 1.07 bits per heavy atom. The number of aromatic hydroxyl groups is 1. The minimum Gasteiger partial charge on any atom is -0.493 e. The van der Waals surface area contributed by atoms with E-state index in [0.717, 1.165) is 5.56 Å². The Morgan fingerprint density at radius 3 is 2.63 bits per heavy atom. The maximum atomic E-state index is 13.2. The molecule has 5 rings (SSSR count). The van der Waals surface area contributed by atoms with Gasteiger partial charge in [-0.3, -0.25) is 4.79 Å². The Bertz CT molecular complexity index is 1200. The van der Waals surface area contributed by atoms with Crippen LogP contribution in [0.3, 0.4) is 0 Å². The van der Waals surface area contributed by atoms with Gasteiger partial charge in [-0.25, -0.2) is 4.98 Å². The molecule has 1 unspecified atom stereocenters. The zero-order chi connectivity index (χ0) is 20.7. The lowest BCUT2D eigenvalue weighted by molar-refractivity contribution is 0.0638. The minimum atomic E-state index is -0.221. The highest BCUT2D eigenvalue weighted by molar-refractivity contribution is 7.13. The van der Waals surface area contributed by atoms with Gasteiger partial charge in [-0.15, -0.1) is 21.5 Å². The van der Waals surface area contributed by atoms with Gasteiger partial charge in [0.25, 0.3) is 5.91 Å². The summed E-state index contributed by atoms with van der Waals surface area (Å²) in [6, 6.07) is 16.6. The molecule has 1 aliphatic rings. The molecule has 0 spiro atoms. The molecule has 4 aromatic rings. The summed E-state index contributed by atoms with van der Waals surface area (Å²) < 4.78 is 1.97. The van der Waals surface area contributed by atoms with Gasteiger partial charge < -0.3 is 14.6 Å². The van der Waals surface area contributed by atoms with E-state index in [1.807, 2.05) is 52.1 Å². The fourth-order valence-corrected chi connectivity index (χ4v) is 4.52. The first kappa shape index (κ1) is 18.5. The third-order valence-electron chi connectivity index (χ3n) is 5.35. The van der Waals surface area contributed by atoms with Crippen LogP contribution in [0.5, 0.6) is 5.88 Å². The molecule has 1 N–H and O–H groups in total. The highest BCUT2D eigenvalue weighted by Crippen LogP contribution is 2.30. The molecular weight excluding hydrogens is 398 g/mol. The van der Waals surface area contributed by atoms with E-state index in [0.29, 0.717) is 36.0 Å². The van der Waals surface area contributed by atoms with E-state index in [1.54, 1.807) is 23.5 Å². The number of pyridine rings is 1. The summed E-state index contributed by atoms with van der Waals surface area (Å²) in [7, 11) is 0. The van der Waals surface area contributed by atoms with Crippen molar-refractivity contribution in [1.82, 2.24) is 24.6 Å². The predicted octanol–water partition coefficient (Wildman–Crippen LogP) is 3.99. The standard InChI is InChI=1S/C22H19N5O2S/c1-14-20-24-25-21(17-4-2-6-19(28)23-17)27(20)12-11-26(14)22(29)16-9-7-15(8-10-16)18-5-3-13-30-18/h2-10,13-14H,11-12H2,1H3,(H,23,28). The quantitative estimate of drug-likeness (QED) is 0.545. The average molecular weight is 417 g/mol. The van der Waals surface area contributed by atoms with E-state index in [4.69, 9.17) is 0 Å². The second kappa shape index (κ2) is 7.38. The monoisotopic (exact) mass is 417 g/mol. The highest BCUT2D eigenvalue weighted by atomic mass is 32.1. The molecule has 7 nitrogen and oxygen atoms in total. The van der Waals surface area contributed by atoms with E-state index >= 15 is 0 Å². The molecule has 0 saturated heterocycles. The van der Waals surface area contributed by atoms with E-state index in [9.17, 15) is 9.90 Å². The van der Waals surface area contributed by atoms with Crippen LogP contribution in [-0.4, -0.2) is 42.2 Å². The average Bonchev–Trinajstić information content (AvgIpc) is 3.44. The Hall–Kier alpha value is -3.52. The first-order valence-corrected chi connectivity index (χ1v) is 10.5. The number of thiophene rings is 1. The molecule has 8 heteroatoms. The van der Waals surface area contributed by atoms with Gasteiger partial charge in [0.1, 0.15) is 5.69 Å². The van der Waals surface area contributed by atoms with Gasteiger partial charge in [0.15, 0.2) is 11.6 Å². The van der Waals surface area contributed by atoms with Crippen LogP contribution in [0.15, 0.2) is 60.0 Å². The van der Waals surface area contributed by atoms with Crippen molar-refractivity contribution in [3.8, 4) is 27.8 Å². The van der Waals surface area contributed by atoms with Gasteiger partial charge >= 0.3 is 0 Å². The van der Waals surface area contributed by atoms with Crippen LogP contribution in [0.1, 0.15) is 29.1 Å². The Morgan fingerprint density at radius 2 is 1.90 bits per heavy atom. The molecule has 150 valence electrons. The van der Waals surface area contributed by atoms with Crippen molar-refractivity contribution >= 4 is 17.2 Å². The number of hydrogen-bond donors (Lipinski definition) is 1. The van der Waals surface area contributed by atoms with Crippen molar-refractivity contribution in [2.45, 2.75) is 19.5 Å². The first-order chi connectivity index (χ1) is 14.6. The second-order valence-electron chi connectivity index (χ2n) is 7.14. The molecule has 1 aromatic carbocycles. The number of carbonyl (C=O) groups excluding carboxylic acids is 1. The molecule has 3 aromatic heterocycles. The third-order valence-corrected chi connectivity index (χ3v) is 6.27. The van der Waals surface area contributed by atoms with Crippen LogP contribution in [0.2, 0.25) is 0 Å². The van der Waals surface area contributed by atoms with Crippen LogP contribution in [0.25, 0.3) is 22.0 Å². The lowest BCUT2D eigenvalue weighted by Gasteiger charge is -2.33. The van der Waals surface area contributed by atoms with E-state index in [-0.39, 0.29) is 17.8 Å². The lowest BCUT2D eigenvalue weighted by atomic mass is 10.1. The van der Waals surface area contributed by atoms with Gasteiger partial charge in [-0.2, -0.15) is 0 Å². The molecular formula is C22H19N5O2S. The summed E-state index contributed by atoms with van der Waals surface area (Å²) >= 11 is 1.68. The smallest absolute Gasteiger partial charge is 0.254 e. The van der Waals surface area contributed by atoms with Crippen LogP contribution in [0.4, 0.5) is 0 Å². The van der Waals surface area contributed by atoms with Crippen molar-refractivity contribution in [2.75, 3.05) is 6.54 Å². The largest absolute Gasteiger partial charge is 0.493 e. The van der Waals surface area contributed by atoms with Gasteiger partial charge in [-0.1, -0.05) is 24.3 Å². The van der Waals surface area contributed by atoms with Crippen LogP contribution in [0, 0.1) is 0 Å². The number of nitrogens with zero attached hydrogens (tertiary/aromatic N) is 5. The summed E-state index contributed by atoms with van der Waals surface area (Å²) in [6.07, 6.45) is 0.